The van der Waals surface area contributed by atoms with Gasteiger partial charge in [0.2, 0.25) is 0 Å². The number of aromatic amines is 1. The second-order valence-electron chi connectivity index (χ2n) is 4.54. The first-order valence-electron chi connectivity index (χ1n) is 5.85. The zero-order valence-electron chi connectivity index (χ0n) is 10.4. The average Bonchev–Trinajstić information content (AvgIpc) is 2.36. The summed E-state index contributed by atoms with van der Waals surface area (Å²) >= 11 is 0. The quantitative estimate of drug-likeness (QED) is 0.856. The van der Waals surface area contributed by atoms with E-state index in [1.807, 2.05) is 13.8 Å². The van der Waals surface area contributed by atoms with E-state index in [-0.39, 0.29) is 17.3 Å². The minimum Gasteiger partial charge on any atom is -0.349 e. The normalized spacial score (nSPS) is 10.8. The number of carbonyl (C=O) groups excluding carboxylic acids is 1. The lowest BCUT2D eigenvalue weighted by Crippen LogP contribution is -2.30. The molecule has 5 heteroatoms. The molecule has 5 nitrogen and oxygen atoms in total. The number of amides is 1. The van der Waals surface area contributed by atoms with Crippen LogP contribution in [0.3, 0.4) is 0 Å². The second-order valence-corrected chi connectivity index (χ2v) is 4.54. The van der Waals surface area contributed by atoms with Crippen LogP contribution < -0.4 is 10.9 Å². The lowest BCUT2D eigenvalue weighted by atomic mass is 10.2. The predicted molar refractivity (Wildman–Crippen MR) is 69.5 cm³/mol. The third kappa shape index (κ3) is 2.56. The number of aromatic nitrogens is 2. The van der Waals surface area contributed by atoms with Crippen molar-refractivity contribution < 1.29 is 4.79 Å². The molecule has 0 bridgehead atoms. The van der Waals surface area contributed by atoms with Gasteiger partial charge in [-0.3, -0.25) is 9.59 Å². The molecule has 0 aliphatic rings. The summed E-state index contributed by atoms with van der Waals surface area (Å²) in [6.45, 7) is 4.54. The molecule has 2 rings (SSSR count). The number of para-hydroxylation sites is 1. The number of fused-ring (bicyclic) bond motifs is 1. The molecule has 0 aliphatic carbocycles. The Morgan fingerprint density at radius 2 is 2.11 bits per heavy atom. The van der Waals surface area contributed by atoms with E-state index in [4.69, 9.17) is 0 Å². The highest BCUT2D eigenvalue weighted by Crippen LogP contribution is 2.05. The van der Waals surface area contributed by atoms with Crippen LogP contribution in [0.4, 0.5) is 0 Å². The summed E-state index contributed by atoms with van der Waals surface area (Å²) in [6.07, 6.45) is 0. The van der Waals surface area contributed by atoms with Crippen molar-refractivity contribution in [1.29, 1.82) is 0 Å². The van der Waals surface area contributed by atoms with E-state index in [9.17, 15) is 9.59 Å². The molecule has 0 fully saturated rings. The number of hydrogen-bond donors (Lipinski definition) is 2. The third-order valence-electron chi connectivity index (χ3n) is 2.50. The van der Waals surface area contributed by atoms with Crippen LogP contribution in [0.25, 0.3) is 10.9 Å². The highest BCUT2D eigenvalue weighted by Gasteiger charge is 2.10. The Labute approximate surface area is 104 Å². The van der Waals surface area contributed by atoms with Crippen molar-refractivity contribution in [3.63, 3.8) is 0 Å². The monoisotopic (exact) mass is 245 g/mol. The van der Waals surface area contributed by atoms with Gasteiger partial charge in [-0.05, 0) is 18.1 Å². The molecule has 2 aromatic rings. The SMILES string of the molecule is CC(C)CNC(=O)c1nc2ccccc2c(=O)[nH]1. The average molecular weight is 245 g/mol. The summed E-state index contributed by atoms with van der Waals surface area (Å²) in [5.41, 5.74) is 0.228. The Morgan fingerprint density at radius 1 is 1.39 bits per heavy atom. The van der Waals surface area contributed by atoms with Crippen molar-refractivity contribution in [3.8, 4) is 0 Å². The summed E-state index contributed by atoms with van der Waals surface area (Å²) in [7, 11) is 0. The van der Waals surface area contributed by atoms with Gasteiger partial charge in [-0.2, -0.15) is 0 Å². The maximum atomic E-state index is 11.8. The van der Waals surface area contributed by atoms with Gasteiger partial charge in [0, 0.05) is 6.54 Å². The molecule has 0 saturated heterocycles. The first kappa shape index (κ1) is 12.3. The van der Waals surface area contributed by atoms with Crippen LogP contribution in [0.2, 0.25) is 0 Å². The number of hydrogen-bond acceptors (Lipinski definition) is 3. The Hall–Kier alpha value is -2.17. The summed E-state index contributed by atoms with van der Waals surface area (Å²) in [5, 5.41) is 3.20. The first-order chi connectivity index (χ1) is 8.58. The molecule has 1 amide bonds. The lowest BCUT2D eigenvalue weighted by Gasteiger charge is -2.07. The first-order valence-corrected chi connectivity index (χ1v) is 5.85. The number of carbonyl (C=O) groups is 1. The molecule has 0 unspecified atom stereocenters. The van der Waals surface area contributed by atoms with Crippen LogP contribution in [0.15, 0.2) is 29.1 Å². The molecule has 0 spiro atoms. The Morgan fingerprint density at radius 3 is 2.83 bits per heavy atom. The van der Waals surface area contributed by atoms with Gasteiger partial charge in [-0.1, -0.05) is 26.0 Å². The summed E-state index contributed by atoms with van der Waals surface area (Å²) in [6, 6.07) is 6.93. The third-order valence-corrected chi connectivity index (χ3v) is 2.50. The molecule has 1 aromatic heterocycles. The number of benzene rings is 1. The fourth-order valence-electron chi connectivity index (χ4n) is 1.57. The Bertz CT molecular complexity index is 631. The molecular weight excluding hydrogens is 230 g/mol. The Balaban J connectivity index is 2.35. The van der Waals surface area contributed by atoms with Crippen molar-refractivity contribution in [2.45, 2.75) is 13.8 Å². The number of nitrogens with zero attached hydrogens (tertiary/aromatic N) is 1. The number of nitrogens with one attached hydrogen (secondary N) is 2. The van der Waals surface area contributed by atoms with Crippen molar-refractivity contribution >= 4 is 16.8 Å². The van der Waals surface area contributed by atoms with Crippen LogP contribution in [0.5, 0.6) is 0 Å². The van der Waals surface area contributed by atoms with Gasteiger partial charge in [0.15, 0.2) is 5.82 Å². The number of H-pyrrole nitrogens is 1. The largest absolute Gasteiger partial charge is 0.349 e. The lowest BCUT2D eigenvalue weighted by molar-refractivity contribution is 0.0938. The molecule has 0 radical (unpaired) electrons. The summed E-state index contributed by atoms with van der Waals surface area (Å²) in [4.78, 5) is 30.2. The zero-order chi connectivity index (χ0) is 13.1. The minimum absolute atomic E-state index is 0.0550. The molecule has 94 valence electrons. The van der Waals surface area contributed by atoms with Crippen molar-refractivity contribution in [3.05, 3.63) is 40.4 Å². The van der Waals surface area contributed by atoms with Crippen LogP contribution >= 0.6 is 0 Å². The Kier molecular flexibility index (Phi) is 3.41. The molecular formula is C13H15N3O2. The fraction of sp³-hybridized carbons (Fsp3) is 0.308. The van der Waals surface area contributed by atoms with E-state index in [0.29, 0.717) is 23.4 Å². The highest BCUT2D eigenvalue weighted by atomic mass is 16.2. The van der Waals surface area contributed by atoms with Crippen LogP contribution in [-0.4, -0.2) is 22.4 Å². The predicted octanol–water partition coefficient (Wildman–Crippen LogP) is 1.31. The zero-order valence-corrected chi connectivity index (χ0v) is 10.4. The molecule has 1 heterocycles. The smallest absolute Gasteiger partial charge is 0.287 e. The van der Waals surface area contributed by atoms with Gasteiger partial charge in [-0.25, -0.2) is 4.98 Å². The van der Waals surface area contributed by atoms with Gasteiger partial charge in [0.1, 0.15) is 0 Å². The van der Waals surface area contributed by atoms with Crippen molar-refractivity contribution in [2.24, 2.45) is 5.92 Å². The van der Waals surface area contributed by atoms with Gasteiger partial charge in [-0.15, -0.1) is 0 Å². The fourth-order valence-corrected chi connectivity index (χ4v) is 1.57. The standard InChI is InChI=1S/C13H15N3O2/c1-8(2)7-14-13(18)11-15-10-6-4-3-5-9(10)12(17)16-11/h3-6,8H,7H2,1-2H3,(H,14,18)(H,15,16,17). The van der Waals surface area contributed by atoms with Gasteiger partial charge < -0.3 is 10.3 Å². The molecule has 18 heavy (non-hydrogen) atoms. The molecule has 1 aromatic carbocycles. The van der Waals surface area contributed by atoms with Gasteiger partial charge in [0.05, 0.1) is 10.9 Å². The van der Waals surface area contributed by atoms with E-state index < -0.39 is 0 Å². The van der Waals surface area contributed by atoms with E-state index >= 15 is 0 Å². The second kappa shape index (κ2) is 5.00. The molecule has 0 aliphatic heterocycles. The minimum atomic E-state index is -0.355. The van der Waals surface area contributed by atoms with E-state index in [0.717, 1.165) is 0 Å². The topological polar surface area (TPSA) is 74.8 Å². The van der Waals surface area contributed by atoms with Crippen molar-refractivity contribution in [2.75, 3.05) is 6.54 Å². The summed E-state index contributed by atoms with van der Waals surface area (Å²) < 4.78 is 0. The van der Waals surface area contributed by atoms with Crippen LogP contribution in [0.1, 0.15) is 24.5 Å². The van der Waals surface area contributed by atoms with Gasteiger partial charge >= 0.3 is 0 Å². The summed E-state index contributed by atoms with van der Waals surface area (Å²) in [5.74, 6) is 0.0482. The molecule has 2 N–H and O–H groups in total. The number of rotatable bonds is 3. The van der Waals surface area contributed by atoms with E-state index in [2.05, 4.69) is 15.3 Å². The molecule has 0 atom stereocenters. The van der Waals surface area contributed by atoms with Gasteiger partial charge in [0.25, 0.3) is 11.5 Å². The molecule has 0 saturated carbocycles. The maximum absolute atomic E-state index is 11.8. The van der Waals surface area contributed by atoms with Crippen LogP contribution in [0, 0.1) is 5.92 Å². The van der Waals surface area contributed by atoms with E-state index in [1.54, 1.807) is 24.3 Å². The van der Waals surface area contributed by atoms with Crippen molar-refractivity contribution in [1.82, 2.24) is 15.3 Å². The maximum Gasteiger partial charge on any atom is 0.287 e. The van der Waals surface area contributed by atoms with E-state index in [1.165, 1.54) is 0 Å². The van der Waals surface area contributed by atoms with Crippen LogP contribution in [-0.2, 0) is 0 Å². The highest BCUT2D eigenvalue weighted by molar-refractivity contribution is 5.92.